The number of rotatable bonds is 8. The van der Waals surface area contributed by atoms with E-state index in [9.17, 15) is 0 Å². The van der Waals surface area contributed by atoms with Gasteiger partial charge in [0.25, 0.3) is 0 Å². The second-order valence-electron chi connectivity index (χ2n) is 6.80. The Kier molecular flexibility index (Phi) is 7.36. The molecular formula is C19H28ClN7O. The number of aromatic nitrogens is 3. The van der Waals surface area contributed by atoms with Crippen LogP contribution in [0, 0.1) is 0 Å². The van der Waals surface area contributed by atoms with Crippen molar-refractivity contribution in [3.05, 3.63) is 35.9 Å². The van der Waals surface area contributed by atoms with Crippen LogP contribution in [-0.2, 0) is 6.54 Å². The number of benzene rings is 1. The third-order valence-corrected chi connectivity index (χ3v) is 5.07. The van der Waals surface area contributed by atoms with E-state index in [0.717, 1.165) is 67.9 Å². The Morgan fingerprint density at radius 2 is 2.14 bits per heavy atom. The summed E-state index contributed by atoms with van der Waals surface area (Å²) >= 11 is 6.18. The molecule has 1 aromatic carbocycles. The topological polar surface area (TPSA) is 79.6 Å². The molecule has 0 saturated carbocycles. The van der Waals surface area contributed by atoms with Crippen molar-refractivity contribution in [2.75, 3.05) is 38.7 Å². The molecule has 0 bridgehead atoms. The standard InChI is InChI=1S/C19H28ClN7O/c1-21-19(22-8-3-4-9-26-13-23-24-14-26)25-16-7-10-27(12-16)17-11-15(20)5-6-18(17)28-2/h5-6,11,13-14,16H,3-4,7-10,12H2,1-2H3,(H2,21,22,25). The first-order valence-corrected chi connectivity index (χ1v) is 9.95. The molecule has 1 unspecified atom stereocenters. The Bertz CT molecular complexity index is 766. The summed E-state index contributed by atoms with van der Waals surface area (Å²) in [6.07, 6.45) is 6.64. The Labute approximate surface area is 170 Å². The fourth-order valence-electron chi connectivity index (χ4n) is 3.36. The van der Waals surface area contributed by atoms with Gasteiger partial charge in [-0.05, 0) is 37.5 Å². The van der Waals surface area contributed by atoms with E-state index >= 15 is 0 Å². The van der Waals surface area contributed by atoms with E-state index in [1.165, 1.54) is 0 Å². The van der Waals surface area contributed by atoms with Crippen molar-refractivity contribution in [2.24, 2.45) is 4.99 Å². The highest BCUT2D eigenvalue weighted by atomic mass is 35.5. The van der Waals surface area contributed by atoms with Gasteiger partial charge in [-0.2, -0.15) is 0 Å². The van der Waals surface area contributed by atoms with Crippen molar-refractivity contribution >= 4 is 23.2 Å². The van der Waals surface area contributed by atoms with Gasteiger partial charge in [0.05, 0.1) is 12.8 Å². The molecule has 1 fully saturated rings. The lowest BCUT2D eigenvalue weighted by molar-refractivity contribution is 0.415. The number of nitrogens with zero attached hydrogens (tertiary/aromatic N) is 5. The number of aliphatic imine (C=N–C) groups is 1. The third-order valence-electron chi connectivity index (χ3n) is 4.84. The van der Waals surface area contributed by atoms with Gasteiger partial charge in [0.1, 0.15) is 18.4 Å². The summed E-state index contributed by atoms with van der Waals surface area (Å²) in [4.78, 5) is 6.65. The van der Waals surface area contributed by atoms with Gasteiger partial charge in [-0.1, -0.05) is 11.6 Å². The number of ether oxygens (including phenoxy) is 1. The van der Waals surface area contributed by atoms with Crippen molar-refractivity contribution in [1.29, 1.82) is 0 Å². The highest BCUT2D eigenvalue weighted by molar-refractivity contribution is 6.30. The molecule has 0 aliphatic carbocycles. The van der Waals surface area contributed by atoms with E-state index < -0.39 is 0 Å². The molecule has 1 aliphatic heterocycles. The van der Waals surface area contributed by atoms with Crippen LogP contribution in [0.3, 0.4) is 0 Å². The molecule has 1 atom stereocenters. The summed E-state index contributed by atoms with van der Waals surface area (Å²) in [6, 6.07) is 6.06. The number of nitrogens with one attached hydrogen (secondary N) is 2. The summed E-state index contributed by atoms with van der Waals surface area (Å²) in [5, 5.41) is 15.3. The molecule has 2 N–H and O–H groups in total. The summed E-state index contributed by atoms with van der Waals surface area (Å²) < 4.78 is 7.48. The van der Waals surface area contributed by atoms with Gasteiger partial charge < -0.3 is 24.8 Å². The van der Waals surface area contributed by atoms with E-state index in [2.05, 4.69) is 30.7 Å². The fourth-order valence-corrected chi connectivity index (χ4v) is 3.53. The van der Waals surface area contributed by atoms with Crippen molar-refractivity contribution in [3.63, 3.8) is 0 Å². The maximum absolute atomic E-state index is 6.18. The minimum absolute atomic E-state index is 0.326. The van der Waals surface area contributed by atoms with Crippen LogP contribution < -0.4 is 20.3 Å². The van der Waals surface area contributed by atoms with Crippen molar-refractivity contribution < 1.29 is 4.74 Å². The van der Waals surface area contributed by atoms with Crippen LogP contribution in [0.1, 0.15) is 19.3 Å². The highest BCUT2D eigenvalue weighted by Crippen LogP contribution is 2.33. The molecule has 152 valence electrons. The normalized spacial score (nSPS) is 17.0. The maximum Gasteiger partial charge on any atom is 0.191 e. The average molecular weight is 406 g/mol. The van der Waals surface area contributed by atoms with Crippen LogP contribution in [0.2, 0.25) is 5.02 Å². The lowest BCUT2D eigenvalue weighted by atomic mass is 10.2. The SMILES string of the molecule is CN=C(NCCCCn1cnnc1)NC1CCN(c2cc(Cl)ccc2OC)C1. The summed E-state index contributed by atoms with van der Waals surface area (Å²) in [6.45, 7) is 3.63. The molecule has 0 radical (unpaired) electrons. The Balaban J connectivity index is 1.42. The number of hydrogen-bond donors (Lipinski definition) is 2. The number of anilines is 1. The Morgan fingerprint density at radius 1 is 1.32 bits per heavy atom. The molecule has 0 amide bonds. The highest BCUT2D eigenvalue weighted by Gasteiger charge is 2.25. The quantitative estimate of drug-likeness (QED) is 0.398. The molecule has 3 rings (SSSR count). The van der Waals surface area contributed by atoms with E-state index in [0.29, 0.717) is 6.04 Å². The maximum atomic E-state index is 6.18. The predicted molar refractivity (Wildman–Crippen MR) is 112 cm³/mol. The first kappa shape index (κ1) is 20.3. The number of halogens is 1. The summed E-state index contributed by atoms with van der Waals surface area (Å²) in [5.74, 6) is 1.69. The lowest BCUT2D eigenvalue weighted by Gasteiger charge is -2.22. The molecular weight excluding hydrogens is 378 g/mol. The van der Waals surface area contributed by atoms with Gasteiger partial charge in [0.15, 0.2) is 5.96 Å². The number of hydrogen-bond acceptors (Lipinski definition) is 5. The molecule has 9 heteroatoms. The predicted octanol–water partition coefficient (Wildman–Crippen LogP) is 2.16. The van der Waals surface area contributed by atoms with E-state index in [1.54, 1.807) is 26.8 Å². The number of unbranched alkanes of at least 4 members (excludes halogenated alkanes) is 1. The molecule has 2 aromatic rings. The minimum Gasteiger partial charge on any atom is -0.495 e. The van der Waals surface area contributed by atoms with Crippen LogP contribution in [0.25, 0.3) is 0 Å². The molecule has 28 heavy (non-hydrogen) atoms. The van der Waals surface area contributed by atoms with Gasteiger partial charge in [0, 0.05) is 44.3 Å². The summed E-state index contributed by atoms with van der Waals surface area (Å²) in [5.41, 5.74) is 1.04. The average Bonchev–Trinajstić information content (AvgIpc) is 3.38. The first-order valence-electron chi connectivity index (χ1n) is 9.57. The third kappa shape index (κ3) is 5.51. The zero-order valence-electron chi connectivity index (χ0n) is 16.4. The first-order chi connectivity index (χ1) is 13.7. The monoisotopic (exact) mass is 405 g/mol. The molecule has 1 aromatic heterocycles. The van der Waals surface area contributed by atoms with Gasteiger partial charge in [-0.25, -0.2) is 0 Å². The van der Waals surface area contributed by atoms with Crippen molar-refractivity contribution in [1.82, 2.24) is 25.4 Å². The molecule has 2 heterocycles. The van der Waals surface area contributed by atoms with Crippen molar-refractivity contribution in [3.8, 4) is 5.75 Å². The fraction of sp³-hybridized carbons (Fsp3) is 0.526. The zero-order chi connectivity index (χ0) is 19.8. The van der Waals surface area contributed by atoms with Crippen LogP contribution in [-0.4, -0.2) is 60.6 Å². The second kappa shape index (κ2) is 10.2. The van der Waals surface area contributed by atoms with E-state index in [4.69, 9.17) is 16.3 Å². The van der Waals surface area contributed by atoms with Gasteiger partial charge in [-0.3, -0.25) is 4.99 Å². The van der Waals surface area contributed by atoms with E-state index in [1.807, 2.05) is 22.8 Å². The lowest BCUT2D eigenvalue weighted by Crippen LogP contribution is -2.44. The second-order valence-corrected chi connectivity index (χ2v) is 7.23. The zero-order valence-corrected chi connectivity index (χ0v) is 17.2. The largest absolute Gasteiger partial charge is 0.495 e. The number of methoxy groups -OCH3 is 1. The van der Waals surface area contributed by atoms with Crippen molar-refractivity contribution in [2.45, 2.75) is 31.8 Å². The van der Waals surface area contributed by atoms with E-state index in [-0.39, 0.29) is 0 Å². The van der Waals surface area contributed by atoms with Crippen LogP contribution in [0.4, 0.5) is 5.69 Å². The molecule has 8 nitrogen and oxygen atoms in total. The Hall–Kier alpha value is -2.48. The van der Waals surface area contributed by atoms with Gasteiger partial charge in [0.2, 0.25) is 0 Å². The Morgan fingerprint density at radius 3 is 2.89 bits per heavy atom. The number of guanidine groups is 1. The van der Waals surface area contributed by atoms with Gasteiger partial charge >= 0.3 is 0 Å². The molecule has 1 saturated heterocycles. The summed E-state index contributed by atoms with van der Waals surface area (Å²) in [7, 11) is 3.49. The molecule has 1 aliphatic rings. The van der Waals surface area contributed by atoms with Gasteiger partial charge in [-0.15, -0.1) is 10.2 Å². The van der Waals surface area contributed by atoms with Crippen LogP contribution in [0.15, 0.2) is 35.8 Å². The smallest absolute Gasteiger partial charge is 0.191 e. The molecule has 0 spiro atoms. The minimum atomic E-state index is 0.326. The van der Waals surface area contributed by atoms with Crippen LogP contribution in [0.5, 0.6) is 5.75 Å². The number of aryl methyl sites for hydroxylation is 1. The van der Waals surface area contributed by atoms with Crippen LogP contribution >= 0.6 is 11.6 Å².